The first kappa shape index (κ1) is 11.8. The molecule has 0 unspecified atom stereocenters. The lowest BCUT2D eigenvalue weighted by Crippen LogP contribution is -2.11. The Morgan fingerprint density at radius 3 is 2.82 bits per heavy atom. The molecule has 1 amide bonds. The van der Waals surface area contributed by atoms with E-state index in [1.54, 1.807) is 13.0 Å². The number of hydrogen-bond acceptors (Lipinski definition) is 3. The van der Waals surface area contributed by atoms with Crippen LogP contribution in [0.5, 0.6) is 0 Å². The SMILES string of the molecule is Cc1cc(NC(=O)c2ccc(F)c(Br)c2)on1. The van der Waals surface area contributed by atoms with Gasteiger partial charge in [0.2, 0.25) is 5.88 Å². The molecule has 2 rings (SSSR count). The third-order valence-corrected chi connectivity index (χ3v) is 2.65. The Morgan fingerprint density at radius 1 is 1.47 bits per heavy atom. The van der Waals surface area contributed by atoms with Gasteiger partial charge in [0.25, 0.3) is 5.91 Å². The molecule has 0 aliphatic heterocycles. The molecule has 6 heteroatoms. The van der Waals surface area contributed by atoms with Crippen molar-refractivity contribution in [2.45, 2.75) is 6.92 Å². The van der Waals surface area contributed by atoms with E-state index in [4.69, 9.17) is 4.52 Å². The van der Waals surface area contributed by atoms with Gasteiger partial charge in [-0.05, 0) is 41.1 Å². The van der Waals surface area contributed by atoms with Gasteiger partial charge in [0.15, 0.2) is 0 Å². The molecule has 0 saturated carbocycles. The van der Waals surface area contributed by atoms with E-state index in [9.17, 15) is 9.18 Å². The summed E-state index contributed by atoms with van der Waals surface area (Å²) in [5, 5.41) is 6.15. The zero-order valence-corrected chi connectivity index (χ0v) is 10.4. The maximum atomic E-state index is 13.0. The fourth-order valence-electron chi connectivity index (χ4n) is 1.24. The molecule has 0 saturated heterocycles. The van der Waals surface area contributed by atoms with Crippen LogP contribution in [0.25, 0.3) is 0 Å². The second-order valence-corrected chi connectivity index (χ2v) is 4.27. The maximum absolute atomic E-state index is 13.0. The Morgan fingerprint density at radius 2 is 2.24 bits per heavy atom. The van der Waals surface area contributed by atoms with Crippen molar-refractivity contribution in [3.63, 3.8) is 0 Å². The van der Waals surface area contributed by atoms with Crippen LogP contribution in [-0.4, -0.2) is 11.1 Å². The van der Waals surface area contributed by atoms with Gasteiger partial charge in [-0.15, -0.1) is 0 Å². The van der Waals surface area contributed by atoms with Gasteiger partial charge in [-0.3, -0.25) is 10.1 Å². The van der Waals surface area contributed by atoms with Crippen LogP contribution in [0.3, 0.4) is 0 Å². The minimum atomic E-state index is -0.419. The number of nitrogens with one attached hydrogen (secondary N) is 1. The molecule has 17 heavy (non-hydrogen) atoms. The topological polar surface area (TPSA) is 55.1 Å². The summed E-state index contributed by atoms with van der Waals surface area (Å²) < 4.78 is 18.1. The monoisotopic (exact) mass is 298 g/mol. The summed E-state index contributed by atoms with van der Waals surface area (Å²) in [6.07, 6.45) is 0. The van der Waals surface area contributed by atoms with Gasteiger partial charge in [0, 0.05) is 11.6 Å². The van der Waals surface area contributed by atoms with Crippen LogP contribution in [-0.2, 0) is 0 Å². The Bertz CT molecular complexity index is 568. The van der Waals surface area contributed by atoms with E-state index in [2.05, 4.69) is 26.4 Å². The van der Waals surface area contributed by atoms with Crippen LogP contribution in [0.15, 0.2) is 33.3 Å². The number of aryl methyl sites for hydroxylation is 1. The van der Waals surface area contributed by atoms with Crippen LogP contribution in [0.1, 0.15) is 16.1 Å². The molecule has 1 aromatic carbocycles. The number of hydrogen-bond donors (Lipinski definition) is 1. The molecule has 0 fully saturated rings. The Balaban J connectivity index is 2.17. The molecule has 0 bridgehead atoms. The minimum Gasteiger partial charge on any atom is -0.338 e. The Labute approximate surface area is 105 Å². The van der Waals surface area contributed by atoms with Gasteiger partial charge in [-0.25, -0.2) is 4.39 Å². The number of benzene rings is 1. The number of aromatic nitrogens is 1. The van der Waals surface area contributed by atoms with E-state index >= 15 is 0 Å². The zero-order chi connectivity index (χ0) is 12.4. The number of anilines is 1. The predicted molar refractivity (Wildman–Crippen MR) is 63.3 cm³/mol. The average Bonchev–Trinajstić information content (AvgIpc) is 2.68. The highest BCUT2D eigenvalue weighted by molar-refractivity contribution is 9.10. The molecular formula is C11H8BrFN2O2. The smallest absolute Gasteiger partial charge is 0.258 e. The highest BCUT2D eigenvalue weighted by Crippen LogP contribution is 2.18. The van der Waals surface area contributed by atoms with Gasteiger partial charge >= 0.3 is 0 Å². The van der Waals surface area contributed by atoms with Crippen molar-refractivity contribution in [3.05, 3.63) is 45.8 Å². The van der Waals surface area contributed by atoms with Crippen molar-refractivity contribution in [1.29, 1.82) is 0 Å². The fraction of sp³-hybridized carbons (Fsp3) is 0.0909. The van der Waals surface area contributed by atoms with E-state index in [1.165, 1.54) is 18.2 Å². The summed E-state index contributed by atoms with van der Waals surface area (Å²) in [7, 11) is 0. The molecule has 4 nitrogen and oxygen atoms in total. The lowest BCUT2D eigenvalue weighted by atomic mass is 10.2. The van der Waals surface area contributed by atoms with Gasteiger partial charge in [0.1, 0.15) is 5.82 Å². The maximum Gasteiger partial charge on any atom is 0.258 e. The van der Waals surface area contributed by atoms with Gasteiger partial charge in [-0.2, -0.15) is 0 Å². The number of nitrogens with zero attached hydrogens (tertiary/aromatic N) is 1. The predicted octanol–water partition coefficient (Wildman–Crippen LogP) is 3.14. The van der Waals surface area contributed by atoms with Crippen LogP contribution < -0.4 is 5.32 Å². The van der Waals surface area contributed by atoms with E-state index in [-0.39, 0.29) is 16.3 Å². The summed E-state index contributed by atoms with van der Waals surface area (Å²) in [5.41, 5.74) is 0.993. The molecule has 0 aliphatic carbocycles. The number of amides is 1. The van der Waals surface area contributed by atoms with E-state index in [0.29, 0.717) is 11.3 Å². The number of halogens is 2. The Kier molecular flexibility index (Phi) is 3.23. The number of carbonyl (C=O) groups excluding carboxylic acids is 1. The minimum absolute atomic E-state index is 0.235. The van der Waals surface area contributed by atoms with Gasteiger partial charge in [-0.1, -0.05) is 5.16 Å². The summed E-state index contributed by atoms with van der Waals surface area (Å²) in [6, 6.07) is 5.59. The molecule has 2 aromatic rings. The first-order valence-electron chi connectivity index (χ1n) is 4.76. The van der Waals surface area contributed by atoms with Gasteiger partial charge in [0.05, 0.1) is 10.2 Å². The van der Waals surface area contributed by atoms with Crippen LogP contribution >= 0.6 is 15.9 Å². The summed E-state index contributed by atoms with van der Waals surface area (Å²) in [5.74, 6) is -0.549. The first-order valence-corrected chi connectivity index (χ1v) is 5.55. The average molecular weight is 299 g/mol. The third-order valence-electron chi connectivity index (χ3n) is 2.05. The zero-order valence-electron chi connectivity index (χ0n) is 8.83. The van der Waals surface area contributed by atoms with Crippen molar-refractivity contribution < 1.29 is 13.7 Å². The molecular weight excluding hydrogens is 291 g/mol. The van der Waals surface area contributed by atoms with Gasteiger partial charge < -0.3 is 4.52 Å². The summed E-state index contributed by atoms with van der Waals surface area (Å²) in [6.45, 7) is 1.74. The van der Waals surface area contributed by atoms with Crippen LogP contribution in [0.2, 0.25) is 0 Å². The van der Waals surface area contributed by atoms with Crippen LogP contribution in [0, 0.1) is 12.7 Å². The van der Waals surface area contributed by atoms with Crippen LogP contribution in [0.4, 0.5) is 10.3 Å². The van der Waals surface area contributed by atoms with Crippen molar-refractivity contribution in [2.24, 2.45) is 0 Å². The quantitative estimate of drug-likeness (QED) is 0.927. The highest BCUT2D eigenvalue weighted by Gasteiger charge is 2.10. The Hall–Kier alpha value is -1.69. The molecule has 0 aliphatic rings. The fourth-order valence-corrected chi connectivity index (χ4v) is 1.62. The van der Waals surface area contributed by atoms with Crippen molar-refractivity contribution in [2.75, 3.05) is 5.32 Å². The third kappa shape index (κ3) is 2.71. The van der Waals surface area contributed by atoms with Crippen molar-refractivity contribution in [1.82, 2.24) is 5.16 Å². The normalized spacial score (nSPS) is 10.3. The molecule has 1 aromatic heterocycles. The summed E-state index contributed by atoms with van der Waals surface area (Å²) in [4.78, 5) is 11.7. The molecule has 1 N–H and O–H groups in total. The molecule has 0 atom stereocenters. The molecule has 0 radical (unpaired) electrons. The first-order chi connectivity index (χ1) is 8.06. The van der Waals surface area contributed by atoms with E-state index in [0.717, 1.165) is 0 Å². The highest BCUT2D eigenvalue weighted by atomic mass is 79.9. The summed E-state index contributed by atoms with van der Waals surface area (Å²) >= 11 is 3.01. The largest absolute Gasteiger partial charge is 0.338 e. The second-order valence-electron chi connectivity index (χ2n) is 3.42. The van der Waals surface area contributed by atoms with E-state index in [1.807, 2.05) is 0 Å². The van der Waals surface area contributed by atoms with Crippen molar-refractivity contribution >= 4 is 27.7 Å². The van der Waals surface area contributed by atoms with Crippen molar-refractivity contribution in [3.8, 4) is 0 Å². The lowest BCUT2D eigenvalue weighted by Gasteiger charge is -2.02. The standard InChI is InChI=1S/C11H8BrFN2O2/c1-6-4-10(17-15-6)14-11(16)7-2-3-9(13)8(12)5-7/h2-5H,1H3,(H,14,16). The molecule has 88 valence electrons. The number of rotatable bonds is 2. The lowest BCUT2D eigenvalue weighted by molar-refractivity contribution is 0.102. The second kappa shape index (κ2) is 4.67. The number of carbonyl (C=O) groups is 1. The van der Waals surface area contributed by atoms with E-state index < -0.39 is 5.82 Å². The molecule has 0 spiro atoms. The molecule has 1 heterocycles.